The first-order valence-electron chi connectivity index (χ1n) is 12.1. The van der Waals surface area contributed by atoms with Gasteiger partial charge in [-0.3, -0.25) is 20.2 Å². The number of amides is 4. The van der Waals surface area contributed by atoms with Crippen LogP contribution in [0.5, 0.6) is 0 Å². The molecule has 206 valence electrons. The van der Waals surface area contributed by atoms with Gasteiger partial charge >= 0.3 is 12.2 Å². The normalized spacial score (nSPS) is 11.2. The van der Waals surface area contributed by atoms with Crippen molar-refractivity contribution in [1.82, 2.24) is 0 Å². The maximum atomic E-state index is 12.6. The highest BCUT2D eigenvalue weighted by molar-refractivity contribution is 6.05. The van der Waals surface area contributed by atoms with Gasteiger partial charge in [-0.05, 0) is 102 Å². The van der Waals surface area contributed by atoms with E-state index in [4.69, 9.17) is 13.9 Å². The number of carbonyl (C=O) groups excluding carboxylic acids is 4. The summed E-state index contributed by atoms with van der Waals surface area (Å²) < 4.78 is 15.8. The Bertz CT molecular complexity index is 1230. The van der Waals surface area contributed by atoms with E-state index in [9.17, 15) is 19.2 Å². The Labute approximate surface area is 226 Å². The van der Waals surface area contributed by atoms with Gasteiger partial charge in [0.1, 0.15) is 11.2 Å². The molecule has 3 rings (SSSR count). The third kappa shape index (κ3) is 9.54. The SMILES string of the molecule is CC(C)(C)OC(=O)Nc1ccc(NC(=O)c2ccc(C(=O)Nc3ccc(NC(=O)OC(C)(C)C)cc3)o2)cc1. The van der Waals surface area contributed by atoms with Crippen molar-refractivity contribution >= 4 is 46.8 Å². The summed E-state index contributed by atoms with van der Waals surface area (Å²) in [7, 11) is 0. The first kappa shape index (κ1) is 28.8. The molecule has 4 N–H and O–H groups in total. The molecule has 0 unspecified atom stereocenters. The zero-order chi connectivity index (χ0) is 28.8. The molecule has 0 saturated carbocycles. The smallest absolute Gasteiger partial charge is 0.412 e. The van der Waals surface area contributed by atoms with Crippen molar-refractivity contribution in [2.45, 2.75) is 52.7 Å². The largest absolute Gasteiger partial charge is 0.446 e. The Balaban J connectivity index is 1.52. The number of rotatable bonds is 6. The Kier molecular flexibility index (Phi) is 8.64. The summed E-state index contributed by atoms with van der Waals surface area (Å²) in [6.07, 6.45) is -1.18. The molecule has 2 aromatic carbocycles. The molecule has 3 aromatic rings. The van der Waals surface area contributed by atoms with Crippen LogP contribution < -0.4 is 21.3 Å². The third-order valence-corrected chi connectivity index (χ3v) is 4.63. The van der Waals surface area contributed by atoms with E-state index in [-0.39, 0.29) is 11.5 Å². The quantitative estimate of drug-likeness (QED) is 0.282. The average molecular weight is 537 g/mol. The fourth-order valence-corrected chi connectivity index (χ4v) is 3.08. The highest BCUT2D eigenvalue weighted by Crippen LogP contribution is 2.19. The van der Waals surface area contributed by atoms with Crippen LogP contribution in [0.3, 0.4) is 0 Å². The van der Waals surface area contributed by atoms with Gasteiger partial charge in [-0.25, -0.2) is 9.59 Å². The minimum absolute atomic E-state index is 0.0620. The van der Waals surface area contributed by atoms with Gasteiger partial charge < -0.3 is 24.5 Å². The van der Waals surface area contributed by atoms with Crippen LogP contribution in [0, 0.1) is 0 Å². The van der Waals surface area contributed by atoms with E-state index in [2.05, 4.69) is 21.3 Å². The second kappa shape index (κ2) is 11.7. The molecule has 0 atom stereocenters. The lowest BCUT2D eigenvalue weighted by atomic mass is 10.2. The van der Waals surface area contributed by atoms with E-state index >= 15 is 0 Å². The van der Waals surface area contributed by atoms with E-state index in [1.54, 1.807) is 90.1 Å². The first-order valence-corrected chi connectivity index (χ1v) is 12.1. The predicted molar refractivity (Wildman–Crippen MR) is 147 cm³/mol. The van der Waals surface area contributed by atoms with Crippen molar-refractivity contribution < 1.29 is 33.1 Å². The van der Waals surface area contributed by atoms with Gasteiger partial charge in [-0.2, -0.15) is 0 Å². The third-order valence-electron chi connectivity index (χ3n) is 4.63. The van der Waals surface area contributed by atoms with Crippen molar-refractivity contribution in [2.75, 3.05) is 21.3 Å². The number of furan rings is 1. The van der Waals surface area contributed by atoms with Crippen LogP contribution >= 0.6 is 0 Å². The number of carbonyl (C=O) groups is 4. The van der Waals surface area contributed by atoms with Gasteiger partial charge in [0.25, 0.3) is 11.8 Å². The van der Waals surface area contributed by atoms with Crippen molar-refractivity contribution in [3.05, 3.63) is 72.2 Å². The van der Waals surface area contributed by atoms with Gasteiger partial charge in [0.15, 0.2) is 11.5 Å². The summed E-state index contributed by atoms with van der Waals surface area (Å²) in [4.78, 5) is 48.9. The summed E-state index contributed by atoms with van der Waals surface area (Å²) in [5, 5.41) is 10.5. The zero-order valence-electron chi connectivity index (χ0n) is 22.6. The standard InChI is InChI=1S/C28H32N4O7/c1-27(2,3)38-25(35)31-19-11-7-17(8-12-19)29-23(33)21-15-16-22(37-21)24(34)30-18-9-13-20(14-10-18)32-26(36)39-28(4,5)6/h7-16H,1-6H3,(H,29,33)(H,30,34)(H,31,35)(H,32,36). The van der Waals surface area contributed by atoms with E-state index < -0.39 is 35.2 Å². The second-order valence-electron chi connectivity index (χ2n) is 10.5. The number of nitrogens with one attached hydrogen (secondary N) is 4. The molecule has 0 bridgehead atoms. The van der Waals surface area contributed by atoms with Crippen LogP contribution in [0.2, 0.25) is 0 Å². The Morgan fingerprint density at radius 3 is 1.08 bits per heavy atom. The van der Waals surface area contributed by atoms with Crippen LogP contribution in [0.1, 0.15) is 62.7 Å². The number of hydrogen-bond donors (Lipinski definition) is 4. The average Bonchev–Trinajstić information content (AvgIpc) is 3.30. The highest BCUT2D eigenvalue weighted by atomic mass is 16.6. The molecular formula is C28H32N4O7. The fourth-order valence-electron chi connectivity index (χ4n) is 3.08. The minimum Gasteiger partial charge on any atom is -0.446 e. The topological polar surface area (TPSA) is 148 Å². The lowest BCUT2D eigenvalue weighted by Crippen LogP contribution is -2.27. The summed E-state index contributed by atoms with van der Waals surface area (Å²) >= 11 is 0. The first-order chi connectivity index (χ1) is 18.2. The van der Waals surface area contributed by atoms with Crippen LogP contribution in [0.4, 0.5) is 32.3 Å². The summed E-state index contributed by atoms with van der Waals surface area (Å²) in [6.45, 7) is 10.6. The molecule has 0 saturated heterocycles. The molecule has 0 fully saturated rings. The summed E-state index contributed by atoms with van der Waals surface area (Å²) in [6, 6.07) is 15.6. The fraction of sp³-hybridized carbons (Fsp3) is 0.286. The summed E-state index contributed by atoms with van der Waals surface area (Å²) in [5.41, 5.74) is 0.653. The Morgan fingerprint density at radius 1 is 0.513 bits per heavy atom. The number of ether oxygens (including phenoxy) is 2. The van der Waals surface area contributed by atoms with E-state index in [1.165, 1.54) is 12.1 Å². The maximum absolute atomic E-state index is 12.6. The second-order valence-corrected chi connectivity index (χ2v) is 10.5. The predicted octanol–water partition coefficient (Wildman–Crippen LogP) is 6.48. The minimum atomic E-state index is -0.623. The highest BCUT2D eigenvalue weighted by Gasteiger charge is 2.19. The van der Waals surface area contributed by atoms with Crippen molar-refractivity contribution in [1.29, 1.82) is 0 Å². The van der Waals surface area contributed by atoms with E-state index in [0.717, 1.165) is 0 Å². The molecule has 1 aromatic heterocycles. The van der Waals surface area contributed by atoms with Crippen LogP contribution in [-0.4, -0.2) is 35.2 Å². The number of benzene rings is 2. The van der Waals surface area contributed by atoms with Gasteiger partial charge in [0, 0.05) is 22.7 Å². The molecule has 0 aliphatic carbocycles. The molecule has 1 heterocycles. The molecule has 4 amide bonds. The summed E-state index contributed by atoms with van der Waals surface area (Å²) in [5.74, 6) is -1.24. The van der Waals surface area contributed by atoms with Crippen molar-refractivity contribution in [3.63, 3.8) is 0 Å². The van der Waals surface area contributed by atoms with Crippen LogP contribution in [0.25, 0.3) is 0 Å². The zero-order valence-corrected chi connectivity index (χ0v) is 22.6. The molecule has 11 nitrogen and oxygen atoms in total. The van der Waals surface area contributed by atoms with Gasteiger partial charge in [0.05, 0.1) is 0 Å². The molecule has 0 radical (unpaired) electrons. The monoisotopic (exact) mass is 536 g/mol. The van der Waals surface area contributed by atoms with Gasteiger partial charge in [-0.1, -0.05) is 0 Å². The molecule has 0 aliphatic heterocycles. The Hall–Kier alpha value is -4.80. The molecule has 0 spiro atoms. The van der Waals surface area contributed by atoms with E-state index in [1.807, 2.05) is 0 Å². The lowest BCUT2D eigenvalue weighted by molar-refractivity contribution is 0.0624. The molecule has 39 heavy (non-hydrogen) atoms. The lowest BCUT2D eigenvalue weighted by Gasteiger charge is -2.19. The molecule has 11 heteroatoms. The molecule has 0 aliphatic rings. The maximum Gasteiger partial charge on any atom is 0.412 e. The molecular weight excluding hydrogens is 504 g/mol. The van der Waals surface area contributed by atoms with Gasteiger partial charge in [0.2, 0.25) is 0 Å². The number of anilines is 4. The van der Waals surface area contributed by atoms with Crippen LogP contribution in [-0.2, 0) is 9.47 Å². The van der Waals surface area contributed by atoms with Crippen molar-refractivity contribution in [2.24, 2.45) is 0 Å². The Morgan fingerprint density at radius 2 is 0.795 bits per heavy atom. The van der Waals surface area contributed by atoms with E-state index in [0.29, 0.717) is 22.7 Å². The van der Waals surface area contributed by atoms with Crippen LogP contribution in [0.15, 0.2) is 65.1 Å². The van der Waals surface area contributed by atoms with Crippen molar-refractivity contribution in [3.8, 4) is 0 Å². The number of hydrogen-bond acceptors (Lipinski definition) is 7. The van der Waals surface area contributed by atoms with Gasteiger partial charge in [-0.15, -0.1) is 0 Å².